The number of nitrogens with two attached hydrogens (primary N) is 1. The van der Waals surface area contributed by atoms with Gasteiger partial charge in [-0.3, -0.25) is 9.69 Å². The summed E-state index contributed by atoms with van der Waals surface area (Å²) in [5, 5.41) is 4.86. The molecule has 1 atom stereocenters. The Morgan fingerprint density at radius 2 is 1.89 bits per heavy atom. The number of nitrogens with one attached hydrogen (secondary N) is 1. The SMILES string of the molecule is C[C@H]([NH2+]C1CCCCCCC1)C(=O)N1CCNC1=O. The molecule has 0 unspecified atom stereocenters. The van der Waals surface area contributed by atoms with Crippen LogP contribution < -0.4 is 10.6 Å². The Hall–Kier alpha value is -1.10. The summed E-state index contributed by atoms with van der Waals surface area (Å²) in [5.41, 5.74) is 0. The number of quaternary nitrogens is 1. The van der Waals surface area contributed by atoms with Gasteiger partial charge in [-0.05, 0) is 32.6 Å². The molecule has 2 aliphatic rings. The third-order valence-electron chi connectivity index (χ3n) is 4.22. The smallest absolute Gasteiger partial charge is 0.324 e. The largest absolute Gasteiger partial charge is 0.336 e. The number of carbonyl (C=O) groups is 2. The highest BCUT2D eigenvalue weighted by molar-refractivity contribution is 5.97. The van der Waals surface area contributed by atoms with Crippen LogP contribution in [0, 0.1) is 0 Å². The van der Waals surface area contributed by atoms with Gasteiger partial charge in [0.05, 0.1) is 6.04 Å². The number of urea groups is 1. The molecule has 1 saturated carbocycles. The van der Waals surface area contributed by atoms with E-state index in [0.29, 0.717) is 19.1 Å². The van der Waals surface area contributed by atoms with Crippen LogP contribution in [0.15, 0.2) is 0 Å². The van der Waals surface area contributed by atoms with Gasteiger partial charge in [-0.2, -0.15) is 0 Å². The van der Waals surface area contributed by atoms with Crippen molar-refractivity contribution in [1.82, 2.24) is 10.2 Å². The molecule has 2 fully saturated rings. The predicted octanol–water partition coefficient (Wildman–Crippen LogP) is 0.603. The van der Waals surface area contributed by atoms with E-state index in [1.807, 2.05) is 6.92 Å². The molecule has 1 aliphatic heterocycles. The molecule has 3 N–H and O–H groups in total. The molecule has 0 radical (unpaired) electrons. The third-order valence-corrected chi connectivity index (χ3v) is 4.22. The summed E-state index contributed by atoms with van der Waals surface area (Å²) < 4.78 is 0. The summed E-state index contributed by atoms with van der Waals surface area (Å²) in [5.74, 6) is -0.0444. The van der Waals surface area contributed by atoms with Gasteiger partial charge in [0.1, 0.15) is 0 Å². The second kappa shape index (κ2) is 6.89. The summed E-state index contributed by atoms with van der Waals surface area (Å²) in [6.45, 7) is 3.02. The Labute approximate surface area is 115 Å². The van der Waals surface area contributed by atoms with Crippen LogP contribution in [0.3, 0.4) is 0 Å². The van der Waals surface area contributed by atoms with Crippen LogP contribution in [-0.2, 0) is 4.79 Å². The lowest BCUT2D eigenvalue weighted by molar-refractivity contribution is -0.708. The molecule has 2 rings (SSSR count). The number of rotatable bonds is 3. The Bertz CT molecular complexity index is 325. The lowest BCUT2D eigenvalue weighted by atomic mass is 9.96. The number of hydrogen-bond acceptors (Lipinski definition) is 2. The van der Waals surface area contributed by atoms with E-state index in [1.165, 1.54) is 49.8 Å². The zero-order valence-electron chi connectivity index (χ0n) is 11.9. The summed E-state index contributed by atoms with van der Waals surface area (Å²) in [7, 11) is 0. The molecule has 0 bridgehead atoms. The first-order valence-corrected chi connectivity index (χ1v) is 7.62. The van der Waals surface area contributed by atoms with Gasteiger partial charge in [-0.15, -0.1) is 0 Å². The Kier molecular flexibility index (Phi) is 5.19. The highest BCUT2D eigenvalue weighted by Gasteiger charge is 2.32. The minimum atomic E-state index is -0.233. The van der Waals surface area contributed by atoms with Crippen LogP contribution in [0.25, 0.3) is 0 Å². The second-order valence-corrected chi connectivity index (χ2v) is 5.81. The van der Waals surface area contributed by atoms with Gasteiger partial charge in [0.15, 0.2) is 6.04 Å². The van der Waals surface area contributed by atoms with E-state index in [-0.39, 0.29) is 18.0 Å². The van der Waals surface area contributed by atoms with Crippen LogP contribution in [0.5, 0.6) is 0 Å². The van der Waals surface area contributed by atoms with Gasteiger partial charge < -0.3 is 10.6 Å². The van der Waals surface area contributed by atoms with Crippen LogP contribution in [-0.4, -0.2) is 42.0 Å². The quantitative estimate of drug-likeness (QED) is 0.787. The maximum atomic E-state index is 12.2. The zero-order valence-corrected chi connectivity index (χ0v) is 11.9. The van der Waals surface area contributed by atoms with Crippen molar-refractivity contribution >= 4 is 11.9 Å². The molecule has 1 aliphatic carbocycles. The van der Waals surface area contributed by atoms with E-state index >= 15 is 0 Å². The van der Waals surface area contributed by atoms with Crippen molar-refractivity contribution in [2.24, 2.45) is 0 Å². The minimum Gasteiger partial charge on any atom is -0.336 e. The molecule has 5 heteroatoms. The highest BCUT2D eigenvalue weighted by Crippen LogP contribution is 2.15. The van der Waals surface area contributed by atoms with Crippen LogP contribution >= 0.6 is 0 Å². The topological polar surface area (TPSA) is 66.0 Å². The van der Waals surface area contributed by atoms with Crippen molar-refractivity contribution in [3.8, 4) is 0 Å². The monoisotopic (exact) mass is 268 g/mol. The molecular weight excluding hydrogens is 242 g/mol. The van der Waals surface area contributed by atoms with E-state index in [0.717, 1.165) is 0 Å². The first kappa shape index (κ1) is 14.3. The molecule has 0 spiro atoms. The number of hydrogen-bond donors (Lipinski definition) is 2. The number of carbonyl (C=O) groups excluding carboxylic acids is 2. The summed E-state index contributed by atoms with van der Waals surface area (Å²) in [6, 6.07) is 0.168. The Balaban J connectivity index is 1.83. The maximum absolute atomic E-state index is 12.2. The lowest BCUT2D eigenvalue weighted by Gasteiger charge is -2.23. The first-order valence-electron chi connectivity index (χ1n) is 7.62. The minimum absolute atomic E-state index is 0.0444. The van der Waals surface area contributed by atoms with E-state index in [2.05, 4.69) is 10.6 Å². The van der Waals surface area contributed by atoms with E-state index in [9.17, 15) is 9.59 Å². The van der Waals surface area contributed by atoms with E-state index < -0.39 is 0 Å². The van der Waals surface area contributed by atoms with Gasteiger partial charge in [0.2, 0.25) is 0 Å². The van der Waals surface area contributed by atoms with Crippen LogP contribution in [0.4, 0.5) is 4.79 Å². The molecule has 0 aromatic heterocycles. The Morgan fingerprint density at radius 3 is 2.47 bits per heavy atom. The van der Waals surface area contributed by atoms with Crippen molar-refractivity contribution < 1.29 is 14.9 Å². The number of imide groups is 1. The second-order valence-electron chi connectivity index (χ2n) is 5.81. The van der Waals surface area contributed by atoms with Crippen molar-refractivity contribution in [3.63, 3.8) is 0 Å². The first-order chi connectivity index (χ1) is 9.18. The van der Waals surface area contributed by atoms with Gasteiger partial charge in [-0.1, -0.05) is 19.3 Å². The third kappa shape index (κ3) is 3.93. The fourth-order valence-corrected chi connectivity index (χ4v) is 3.10. The molecule has 0 aromatic carbocycles. The average molecular weight is 268 g/mol. The summed E-state index contributed by atoms with van der Waals surface area (Å²) in [6.07, 6.45) is 8.93. The van der Waals surface area contributed by atoms with E-state index in [4.69, 9.17) is 0 Å². The standard InChI is InChI=1S/C14H25N3O2/c1-11(13(18)17-10-9-15-14(17)19)16-12-7-5-3-2-4-6-8-12/h11-12,16H,2-10H2,1H3,(H,15,19)/p+1/t11-/m0/s1. The van der Waals surface area contributed by atoms with Crippen molar-refractivity contribution in [3.05, 3.63) is 0 Å². The van der Waals surface area contributed by atoms with Gasteiger partial charge in [0.25, 0.3) is 5.91 Å². The molecule has 1 saturated heterocycles. The molecule has 19 heavy (non-hydrogen) atoms. The predicted molar refractivity (Wildman–Crippen MR) is 72.6 cm³/mol. The van der Waals surface area contributed by atoms with Crippen molar-refractivity contribution in [1.29, 1.82) is 0 Å². The number of nitrogens with zero attached hydrogens (tertiary/aromatic N) is 1. The fourth-order valence-electron chi connectivity index (χ4n) is 3.10. The Morgan fingerprint density at radius 1 is 1.26 bits per heavy atom. The summed E-state index contributed by atoms with van der Waals surface area (Å²) in [4.78, 5) is 25.1. The average Bonchev–Trinajstić information content (AvgIpc) is 2.77. The molecule has 108 valence electrons. The van der Waals surface area contributed by atoms with Crippen molar-refractivity contribution in [2.45, 2.75) is 64.0 Å². The molecule has 0 aromatic rings. The zero-order chi connectivity index (χ0) is 13.7. The van der Waals surface area contributed by atoms with Gasteiger partial charge in [-0.25, -0.2) is 4.79 Å². The summed E-state index contributed by atoms with van der Waals surface area (Å²) >= 11 is 0. The molecule has 1 heterocycles. The van der Waals surface area contributed by atoms with E-state index in [1.54, 1.807) is 0 Å². The normalized spacial score (nSPS) is 23.6. The van der Waals surface area contributed by atoms with Crippen LogP contribution in [0.2, 0.25) is 0 Å². The molecule has 5 nitrogen and oxygen atoms in total. The van der Waals surface area contributed by atoms with Crippen molar-refractivity contribution in [2.75, 3.05) is 13.1 Å². The molecule has 3 amide bonds. The highest BCUT2D eigenvalue weighted by atomic mass is 16.2. The maximum Gasteiger partial charge on any atom is 0.324 e. The van der Waals surface area contributed by atoms with Gasteiger partial charge in [0, 0.05) is 13.1 Å². The van der Waals surface area contributed by atoms with Gasteiger partial charge >= 0.3 is 6.03 Å². The fraction of sp³-hybridized carbons (Fsp3) is 0.857. The molecular formula is C14H26N3O2+. The number of amides is 3. The lowest BCUT2D eigenvalue weighted by Crippen LogP contribution is -2.96. The van der Waals surface area contributed by atoms with Crippen LogP contribution in [0.1, 0.15) is 51.9 Å².